The summed E-state index contributed by atoms with van der Waals surface area (Å²) in [7, 11) is 0. The summed E-state index contributed by atoms with van der Waals surface area (Å²) in [6.45, 7) is 3.81. The standard InChI is InChI=1S/C15H22F3NO2/c1-3-12(19)9-11-5-6-13(14(10-11)20-4-2)21-8-7-15(16,17)18/h5-6,10,12H,3-4,7-9,19H2,1-2H3. The van der Waals surface area contributed by atoms with Gasteiger partial charge in [-0.3, -0.25) is 0 Å². The highest BCUT2D eigenvalue weighted by Crippen LogP contribution is 2.30. The molecule has 6 heteroatoms. The summed E-state index contributed by atoms with van der Waals surface area (Å²) in [6, 6.07) is 5.28. The third-order valence-electron chi connectivity index (χ3n) is 2.97. The van der Waals surface area contributed by atoms with Crippen LogP contribution in [0.25, 0.3) is 0 Å². The maximum absolute atomic E-state index is 12.1. The van der Waals surface area contributed by atoms with Crippen molar-refractivity contribution in [2.75, 3.05) is 13.2 Å². The van der Waals surface area contributed by atoms with Crippen molar-refractivity contribution in [2.45, 2.75) is 45.3 Å². The van der Waals surface area contributed by atoms with Crippen molar-refractivity contribution in [1.82, 2.24) is 0 Å². The molecule has 0 heterocycles. The van der Waals surface area contributed by atoms with Crippen LogP contribution in [-0.2, 0) is 6.42 Å². The first-order valence-electron chi connectivity index (χ1n) is 7.06. The predicted molar refractivity (Wildman–Crippen MR) is 75.7 cm³/mol. The molecule has 0 aromatic heterocycles. The molecule has 3 nitrogen and oxygen atoms in total. The monoisotopic (exact) mass is 305 g/mol. The molecular weight excluding hydrogens is 283 g/mol. The Morgan fingerprint density at radius 2 is 1.86 bits per heavy atom. The lowest BCUT2D eigenvalue weighted by atomic mass is 10.0. The summed E-state index contributed by atoms with van der Waals surface area (Å²) in [5.74, 6) is 0.787. The second-order valence-electron chi connectivity index (χ2n) is 4.80. The van der Waals surface area contributed by atoms with Crippen molar-refractivity contribution in [3.8, 4) is 11.5 Å². The number of alkyl halides is 3. The van der Waals surface area contributed by atoms with Gasteiger partial charge in [0, 0.05) is 6.04 Å². The van der Waals surface area contributed by atoms with Gasteiger partial charge in [0.1, 0.15) is 0 Å². The molecule has 0 saturated carbocycles. The molecule has 0 fully saturated rings. The van der Waals surface area contributed by atoms with E-state index in [0.717, 1.165) is 12.0 Å². The molecule has 1 aromatic rings. The first-order chi connectivity index (χ1) is 9.85. The van der Waals surface area contributed by atoms with Crippen LogP contribution in [0.4, 0.5) is 13.2 Å². The summed E-state index contributed by atoms with van der Waals surface area (Å²) in [5.41, 5.74) is 6.88. The Hall–Kier alpha value is -1.43. The summed E-state index contributed by atoms with van der Waals surface area (Å²) >= 11 is 0. The first kappa shape index (κ1) is 17.6. The average Bonchev–Trinajstić information content (AvgIpc) is 2.40. The Morgan fingerprint density at radius 3 is 2.43 bits per heavy atom. The zero-order valence-electron chi connectivity index (χ0n) is 12.4. The van der Waals surface area contributed by atoms with Crippen molar-refractivity contribution >= 4 is 0 Å². The van der Waals surface area contributed by atoms with Crippen LogP contribution in [0.5, 0.6) is 11.5 Å². The van der Waals surface area contributed by atoms with E-state index in [1.165, 1.54) is 0 Å². The van der Waals surface area contributed by atoms with Gasteiger partial charge in [0.15, 0.2) is 11.5 Å². The van der Waals surface area contributed by atoms with Gasteiger partial charge in [-0.15, -0.1) is 0 Å². The summed E-state index contributed by atoms with van der Waals surface area (Å²) in [4.78, 5) is 0. The summed E-state index contributed by atoms with van der Waals surface area (Å²) < 4.78 is 47.0. The van der Waals surface area contributed by atoms with E-state index < -0.39 is 19.2 Å². The van der Waals surface area contributed by atoms with Crippen LogP contribution < -0.4 is 15.2 Å². The summed E-state index contributed by atoms with van der Waals surface area (Å²) in [6.07, 6.45) is -3.66. The Labute approximate surface area is 123 Å². The molecule has 0 spiro atoms. The number of ether oxygens (including phenoxy) is 2. The number of nitrogens with two attached hydrogens (primary N) is 1. The number of benzene rings is 1. The second-order valence-corrected chi connectivity index (χ2v) is 4.80. The van der Waals surface area contributed by atoms with Crippen LogP contribution in [0.2, 0.25) is 0 Å². The van der Waals surface area contributed by atoms with E-state index in [2.05, 4.69) is 0 Å². The maximum atomic E-state index is 12.1. The zero-order valence-corrected chi connectivity index (χ0v) is 12.4. The molecule has 1 aromatic carbocycles. The Morgan fingerprint density at radius 1 is 1.14 bits per heavy atom. The van der Waals surface area contributed by atoms with Crippen molar-refractivity contribution in [3.63, 3.8) is 0 Å². The van der Waals surface area contributed by atoms with E-state index in [4.69, 9.17) is 15.2 Å². The highest BCUT2D eigenvalue weighted by atomic mass is 19.4. The van der Waals surface area contributed by atoms with Crippen LogP contribution >= 0.6 is 0 Å². The smallest absolute Gasteiger partial charge is 0.392 e. The van der Waals surface area contributed by atoms with Crippen LogP contribution in [0.15, 0.2) is 18.2 Å². The van der Waals surface area contributed by atoms with E-state index in [1.54, 1.807) is 18.2 Å². The van der Waals surface area contributed by atoms with Gasteiger partial charge in [0.25, 0.3) is 0 Å². The zero-order chi connectivity index (χ0) is 15.9. The third-order valence-corrected chi connectivity index (χ3v) is 2.97. The van der Waals surface area contributed by atoms with Crippen LogP contribution in [0.1, 0.15) is 32.3 Å². The van der Waals surface area contributed by atoms with Crippen molar-refractivity contribution < 1.29 is 22.6 Å². The molecule has 2 N–H and O–H groups in total. The lowest BCUT2D eigenvalue weighted by Crippen LogP contribution is -2.21. The maximum Gasteiger partial charge on any atom is 0.392 e. The van der Waals surface area contributed by atoms with E-state index in [-0.39, 0.29) is 6.04 Å². The second kappa shape index (κ2) is 8.12. The van der Waals surface area contributed by atoms with E-state index in [9.17, 15) is 13.2 Å². The number of hydrogen-bond donors (Lipinski definition) is 1. The molecule has 1 unspecified atom stereocenters. The van der Waals surface area contributed by atoms with Gasteiger partial charge in [-0.1, -0.05) is 13.0 Å². The molecule has 0 aliphatic heterocycles. The predicted octanol–water partition coefficient (Wildman–Crippen LogP) is 3.70. The molecule has 0 bridgehead atoms. The first-order valence-corrected chi connectivity index (χ1v) is 7.06. The number of halogens is 3. The Bertz CT molecular complexity index is 435. The Balaban J connectivity index is 2.74. The fraction of sp³-hybridized carbons (Fsp3) is 0.600. The van der Waals surface area contributed by atoms with Gasteiger partial charge >= 0.3 is 6.18 Å². The molecule has 21 heavy (non-hydrogen) atoms. The van der Waals surface area contributed by atoms with Crippen LogP contribution in [0.3, 0.4) is 0 Å². The Kier molecular flexibility index (Phi) is 6.81. The van der Waals surface area contributed by atoms with Crippen LogP contribution in [0, 0.1) is 0 Å². The molecule has 0 amide bonds. The molecule has 0 radical (unpaired) electrons. The quantitative estimate of drug-likeness (QED) is 0.796. The molecule has 120 valence electrons. The minimum absolute atomic E-state index is 0.0523. The van der Waals surface area contributed by atoms with Gasteiger partial charge in [0.2, 0.25) is 0 Å². The van der Waals surface area contributed by atoms with E-state index >= 15 is 0 Å². The van der Waals surface area contributed by atoms with Crippen molar-refractivity contribution in [1.29, 1.82) is 0 Å². The van der Waals surface area contributed by atoms with Crippen LogP contribution in [-0.4, -0.2) is 25.4 Å². The highest BCUT2D eigenvalue weighted by Gasteiger charge is 2.27. The van der Waals surface area contributed by atoms with Gasteiger partial charge in [-0.05, 0) is 37.5 Å². The number of hydrogen-bond acceptors (Lipinski definition) is 3. The molecule has 1 rings (SSSR count). The van der Waals surface area contributed by atoms with Gasteiger partial charge in [0.05, 0.1) is 19.6 Å². The fourth-order valence-corrected chi connectivity index (χ4v) is 1.79. The molecule has 0 aliphatic rings. The average molecular weight is 305 g/mol. The van der Waals surface area contributed by atoms with Gasteiger partial charge in [-0.25, -0.2) is 0 Å². The molecule has 0 aliphatic carbocycles. The third kappa shape index (κ3) is 6.71. The van der Waals surface area contributed by atoms with E-state index in [0.29, 0.717) is 24.5 Å². The topological polar surface area (TPSA) is 44.5 Å². The van der Waals surface area contributed by atoms with Crippen molar-refractivity contribution in [2.24, 2.45) is 5.73 Å². The van der Waals surface area contributed by atoms with E-state index in [1.807, 2.05) is 13.8 Å². The normalized spacial score (nSPS) is 13.0. The molecular formula is C15H22F3NO2. The molecule has 0 saturated heterocycles. The lowest BCUT2D eigenvalue weighted by Gasteiger charge is -2.15. The summed E-state index contributed by atoms with van der Waals surface area (Å²) in [5, 5.41) is 0. The minimum Gasteiger partial charge on any atom is -0.490 e. The minimum atomic E-state index is -4.22. The highest BCUT2D eigenvalue weighted by molar-refractivity contribution is 5.43. The largest absolute Gasteiger partial charge is 0.490 e. The fourth-order valence-electron chi connectivity index (χ4n) is 1.79. The van der Waals surface area contributed by atoms with Gasteiger partial charge < -0.3 is 15.2 Å². The van der Waals surface area contributed by atoms with Gasteiger partial charge in [-0.2, -0.15) is 13.2 Å². The lowest BCUT2D eigenvalue weighted by molar-refractivity contribution is -0.139. The molecule has 1 atom stereocenters. The van der Waals surface area contributed by atoms with Crippen molar-refractivity contribution in [3.05, 3.63) is 23.8 Å². The number of rotatable bonds is 8. The SMILES string of the molecule is CCOc1cc(CC(N)CC)ccc1OCCC(F)(F)F.